The highest BCUT2D eigenvalue weighted by atomic mass is 16.5. The molecule has 3 N–H and O–H groups in total. The highest BCUT2D eigenvalue weighted by Crippen LogP contribution is 2.15. The van der Waals surface area contributed by atoms with E-state index in [9.17, 15) is 19.8 Å². The molecule has 0 aromatic heterocycles. The lowest BCUT2D eigenvalue weighted by Crippen LogP contribution is -2.45. The number of rotatable bonds is 53. The Kier molecular flexibility index (Phi) is 53.6. The van der Waals surface area contributed by atoms with Crippen molar-refractivity contribution in [3.05, 3.63) is 48.6 Å². The zero-order valence-electron chi connectivity index (χ0n) is 43.9. The number of carbonyl (C=O) groups is 2. The highest BCUT2D eigenvalue weighted by Gasteiger charge is 2.18. The summed E-state index contributed by atoms with van der Waals surface area (Å²) in [5, 5.41) is 23.1. The summed E-state index contributed by atoms with van der Waals surface area (Å²) in [4.78, 5) is 24.5. The van der Waals surface area contributed by atoms with Crippen molar-refractivity contribution in [3.63, 3.8) is 0 Å². The fourth-order valence-electron chi connectivity index (χ4n) is 8.60. The van der Waals surface area contributed by atoms with Gasteiger partial charge in [0.2, 0.25) is 5.91 Å². The molecule has 0 aromatic carbocycles. The SMILES string of the molecule is CCCCCCCC/C=C\CCCCCCCCCC(=O)OCCCCC/C=C\C/C=C\CCCCCCCCCC(=O)NC(CO)C(O)/C=C/CCCCCCCCCCCCCCC. The number of amides is 1. The van der Waals surface area contributed by atoms with Crippen LogP contribution in [0, 0.1) is 0 Å². The Balaban J connectivity index is 3.52. The second kappa shape index (κ2) is 55.4. The number of aliphatic hydroxyl groups excluding tert-OH is 2. The summed E-state index contributed by atoms with van der Waals surface area (Å²) in [5.74, 6) is -0.105. The largest absolute Gasteiger partial charge is 0.466 e. The van der Waals surface area contributed by atoms with Crippen LogP contribution < -0.4 is 5.32 Å². The first-order valence-corrected chi connectivity index (χ1v) is 28.9. The molecule has 0 saturated heterocycles. The minimum Gasteiger partial charge on any atom is -0.466 e. The van der Waals surface area contributed by atoms with Crippen LogP contribution in [0.25, 0.3) is 0 Å². The van der Waals surface area contributed by atoms with Crippen LogP contribution in [0.15, 0.2) is 48.6 Å². The summed E-state index contributed by atoms with van der Waals surface area (Å²) >= 11 is 0. The van der Waals surface area contributed by atoms with Gasteiger partial charge in [0.05, 0.1) is 25.4 Å². The van der Waals surface area contributed by atoms with Gasteiger partial charge in [-0.3, -0.25) is 9.59 Å². The van der Waals surface area contributed by atoms with E-state index in [1.165, 1.54) is 186 Å². The van der Waals surface area contributed by atoms with Crippen LogP contribution in [0.3, 0.4) is 0 Å². The normalized spacial score (nSPS) is 13.0. The Morgan fingerprint density at radius 1 is 0.424 bits per heavy atom. The molecule has 0 saturated carbocycles. The molecule has 2 unspecified atom stereocenters. The maximum Gasteiger partial charge on any atom is 0.305 e. The van der Waals surface area contributed by atoms with Crippen molar-refractivity contribution in [2.75, 3.05) is 13.2 Å². The lowest BCUT2D eigenvalue weighted by molar-refractivity contribution is -0.143. The number of esters is 1. The van der Waals surface area contributed by atoms with Crippen LogP contribution in [-0.4, -0.2) is 47.4 Å². The maximum absolute atomic E-state index is 12.4. The maximum atomic E-state index is 12.4. The van der Waals surface area contributed by atoms with Gasteiger partial charge in [0.25, 0.3) is 0 Å². The minimum atomic E-state index is -0.856. The number of unbranched alkanes of at least 4 members (excludes halogenated alkanes) is 36. The summed E-state index contributed by atoms with van der Waals surface area (Å²) in [6, 6.07) is -0.641. The first-order valence-electron chi connectivity index (χ1n) is 28.9. The summed E-state index contributed by atoms with van der Waals surface area (Å²) in [7, 11) is 0. The van der Waals surface area contributed by atoms with Crippen LogP contribution >= 0.6 is 0 Å². The Morgan fingerprint density at radius 3 is 1.17 bits per heavy atom. The monoisotopic (exact) mass is 926 g/mol. The minimum absolute atomic E-state index is 0.0202. The first kappa shape index (κ1) is 63.8. The van der Waals surface area contributed by atoms with Gasteiger partial charge in [-0.2, -0.15) is 0 Å². The molecule has 6 nitrogen and oxygen atoms in total. The first-order chi connectivity index (χ1) is 32.5. The molecule has 386 valence electrons. The van der Waals surface area contributed by atoms with Gasteiger partial charge in [0.1, 0.15) is 0 Å². The third kappa shape index (κ3) is 51.2. The van der Waals surface area contributed by atoms with Crippen molar-refractivity contribution in [1.29, 1.82) is 0 Å². The predicted octanol–water partition coefficient (Wildman–Crippen LogP) is 17.8. The second-order valence-electron chi connectivity index (χ2n) is 19.6. The van der Waals surface area contributed by atoms with Gasteiger partial charge in [-0.25, -0.2) is 0 Å². The quantitative estimate of drug-likeness (QED) is 0.0321. The average Bonchev–Trinajstić information content (AvgIpc) is 3.32. The van der Waals surface area contributed by atoms with E-state index in [0.717, 1.165) is 83.5 Å². The number of carbonyl (C=O) groups excluding carboxylic acids is 2. The van der Waals surface area contributed by atoms with Gasteiger partial charge < -0.3 is 20.3 Å². The Morgan fingerprint density at radius 2 is 0.758 bits per heavy atom. The topological polar surface area (TPSA) is 95.9 Å². The highest BCUT2D eigenvalue weighted by molar-refractivity contribution is 5.76. The van der Waals surface area contributed by atoms with E-state index in [1.807, 2.05) is 6.08 Å². The van der Waals surface area contributed by atoms with Gasteiger partial charge in [-0.1, -0.05) is 236 Å². The van der Waals surface area contributed by atoms with Gasteiger partial charge in [-0.15, -0.1) is 0 Å². The van der Waals surface area contributed by atoms with Crippen molar-refractivity contribution in [3.8, 4) is 0 Å². The number of hydrogen-bond acceptors (Lipinski definition) is 5. The van der Waals surface area contributed by atoms with Gasteiger partial charge in [0, 0.05) is 12.8 Å². The molecular formula is C60H111NO5. The number of ether oxygens (including phenoxy) is 1. The molecule has 0 aromatic rings. The van der Waals surface area contributed by atoms with Crippen molar-refractivity contribution < 1.29 is 24.5 Å². The fraction of sp³-hybridized carbons (Fsp3) is 0.833. The lowest BCUT2D eigenvalue weighted by Gasteiger charge is -2.20. The summed E-state index contributed by atoms with van der Waals surface area (Å²) in [5.41, 5.74) is 0. The van der Waals surface area contributed by atoms with Gasteiger partial charge in [-0.05, 0) is 96.3 Å². The summed E-state index contributed by atoms with van der Waals surface area (Å²) in [6.45, 7) is 4.85. The third-order valence-corrected chi connectivity index (χ3v) is 13.1. The van der Waals surface area contributed by atoms with Crippen LogP contribution in [0.5, 0.6) is 0 Å². The molecule has 0 bridgehead atoms. The molecule has 0 spiro atoms. The standard InChI is InChI=1S/C60H111NO5/c1-3-5-7-9-11-13-15-17-19-21-26-30-34-38-42-46-50-54-60(65)66-55-51-47-43-39-35-31-27-23-20-22-25-29-33-37-41-45-49-53-59(64)61-57(56-62)58(63)52-48-44-40-36-32-28-24-18-16-14-12-10-8-6-4-2/h17,19-20,23,31,35,48,52,57-58,62-63H,3-16,18,21-22,24-30,32-34,36-47,49-51,53-56H2,1-2H3,(H,61,64)/b19-17-,23-20-,35-31-,52-48+. The summed E-state index contributed by atoms with van der Waals surface area (Å²) < 4.78 is 5.46. The molecule has 0 aliphatic rings. The molecule has 0 rings (SSSR count). The fourth-order valence-corrected chi connectivity index (χ4v) is 8.60. The van der Waals surface area contributed by atoms with E-state index in [2.05, 4.69) is 55.6 Å². The molecule has 0 heterocycles. The molecule has 66 heavy (non-hydrogen) atoms. The van der Waals surface area contributed by atoms with Crippen LogP contribution in [0.1, 0.15) is 296 Å². The van der Waals surface area contributed by atoms with Crippen molar-refractivity contribution >= 4 is 11.9 Å². The van der Waals surface area contributed by atoms with Crippen LogP contribution in [-0.2, 0) is 14.3 Å². The van der Waals surface area contributed by atoms with Gasteiger partial charge in [0.15, 0.2) is 0 Å². The summed E-state index contributed by atoms with van der Waals surface area (Å²) in [6.07, 6.45) is 69.9. The van der Waals surface area contributed by atoms with E-state index < -0.39 is 12.1 Å². The smallest absolute Gasteiger partial charge is 0.305 e. The molecule has 0 fully saturated rings. The van der Waals surface area contributed by atoms with Crippen molar-refractivity contribution in [2.24, 2.45) is 0 Å². The molecule has 6 heteroatoms. The van der Waals surface area contributed by atoms with E-state index in [1.54, 1.807) is 6.08 Å². The number of allylic oxidation sites excluding steroid dienone is 7. The zero-order chi connectivity index (χ0) is 47.9. The Hall–Kier alpha value is -2.18. The Bertz CT molecular complexity index is 1110. The molecule has 0 aliphatic carbocycles. The number of aliphatic hydroxyl groups is 2. The molecule has 1 amide bonds. The zero-order valence-corrected chi connectivity index (χ0v) is 43.9. The number of nitrogens with one attached hydrogen (secondary N) is 1. The van der Waals surface area contributed by atoms with E-state index in [-0.39, 0.29) is 18.5 Å². The molecular weight excluding hydrogens is 815 g/mol. The second-order valence-corrected chi connectivity index (χ2v) is 19.6. The third-order valence-electron chi connectivity index (χ3n) is 13.1. The van der Waals surface area contributed by atoms with E-state index in [4.69, 9.17) is 4.74 Å². The Labute approximate surface area is 410 Å². The van der Waals surface area contributed by atoms with Crippen molar-refractivity contribution in [1.82, 2.24) is 5.32 Å². The molecule has 0 aliphatic heterocycles. The predicted molar refractivity (Wildman–Crippen MR) is 287 cm³/mol. The van der Waals surface area contributed by atoms with Crippen LogP contribution in [0.4, 0.5) is 0 Å². The molecule has 0 radical (unpaired) electrons. The lowest BCUT2D eigenvalue weighted by atomic mass is 10.0. The van der Waals surface area contributed by atoms with E-state index >= 15 is 0 Å². The van der Waals surface area contributed by atoms with E-state index in [0.29, 0.717) is 19.4 Å². The molecule has 2 atom stereocenters. The van der Waals surface area contributed by atoms with Crippen molar-refractivity contribution in [2.45, 2.75) is 309 Å². The van der Waals surface area contributed by atoms with Crippen LogP contribution in [0.2, 0.25) is 0 Å². The average molecular weight is 927 g/mol. The van der Waals surface area contributed by atoms with Gasteiger partial charge >= 0.3 is 5.97 Å². The number of hydrogen-bond donors (Lipinski definition) is 3.